The van der Waals surface area contributed by atoms with Crippen LogP contribution in [0.4, 0.5) is 4.39 Å². The highest BCUT2D eigenvalue weighted by Crippen LogP contribution is 2.43. The van der Waals surface area contributed by atoms with Crippen molar-refractivity contribution in [2.24, 2.45) is 0 Å². The van der Waals surface area contributed by atoms with Crippen molar-refractivity contribution >= 4 is 22.8 Å². The quantitative estimate of drug-likeness (QED) is 0.336. The Morgan fingerprint density at radius 1 is 1.06 bits per heavy atom. The number of halogens is 1. The number of methoxy groups -OCH3 is 1. The molecule has 1 aliphatic heterocycles. The van der Waals surface area contributed by atoms with Crippen molar-refractivity contribution in [1.29, 1.82) is 0 Å². The van der Waals surface area contributed by atoms with Crippen molar-refractivity contribution in [1.82, 2.24) is 4.90 Å². The topological polar surface area (TPSA) is 89.2 Å². The van der Waals surface area contributed by atoms with Crippen molar-refractivity contribution in [2.45, 2.75) is 25.8 Å². The smallest absolute Gasteiger partial charge is 0.340 e. The number of carboxylic acid groups (broad SMARTS) is 1. The monoisotopic (exact) mass is 489 g/mol. The fraction of sp³-hybridized carbons (Fsp3) is 0.214. The number of hydrogen-bond donors (Lipinski definition) is 1. The van der Waals surface area contributed by atoms with Crippen molar-refractivity contribution in [2.75, 3.05) is 13.7 Å². The average molecular weight is 489 g/mol. The highest BCUT2D eigenvalue weighted by atomic mass is 19.1. The molecule has 5 rings (SSSR count). The molecule has 1 N–H and O–H groups in total. The molecular weight excluding hydrogens is 465 g/mol. The summed E-state index contributed by atoms with van der Waals surface area (Å²) in [5, 5.41) is 10.4. The number of nitrogens with zero attached hydrogens (tertiary/aromatic N) is 1. The van der Waals surface area contributed by atoms with Crippen LogP contribution in [0.3, 0.4) is 0 Å². The molecule has 0 aliphatic carbocycles. The second kappa shape index (κ2) is 9.37. The van der Waals surface area contributed by atoms with E-state index in [9.17, 15) is 19.1 Å². The highest BCUT2D eigenvalue weighted by Gasteiger charge is 2.32. The van der Waals surface area contributed by atoms with Crippen LogP contribution >= 0.6 is 0 Å². The van der Waals surface area contributed by atoms with Crippen LogP contribution in [0.2, 0.25) is 0 Å². The standard InChI is InChI=1S/C28H24FNO6/c1-16(31)30-13-3-4-23(30)21-14-25-22(15-24(21)34-2)26(28(32)33)27(36-25)17-5-9-19(10-6-17)35-20-11-7-18(29)8-12-20/h5-12,14-15,23H,3-4,13H2,1-2H3,(H,32,33). The van der Waals surface area contributed by atoms with Gasteiger partial charge in [0.05, 0.1) is 13.2 Å². The van der Waals surface area contributed by atoms with E-state index in [0.29, 0.717) is 40.3 Å². The second-order valence-electron chi connectivity index (χ2n) is 8.65. The van der Waals surface area contributed by atoms with Crippen LogP contribution in [-0.4, -0.2) is 35.5 Å². The third kappa shape index (κ3) is 4.26. The molecule has 0 saturated carbocycles. The first-order chi connectivity index (χ1) is 17.4. The van der Waals surface area contributed by atoms with Gasteiger partial charge in [-0.3, -0.25) is 4.79 Å². The lowest BCUT2D eigenvalue weighted by molar-refractivity contribution is -0.129. The zero-order chi connectivity index (χ0) is 25.4. The Morgan fingerprint density at radius 3 is 2.33 bits per heavy atom. The van der Waals surface area contributed by atoms with Crippen LogP contribution in [0.5, 0.6) is 17.2 Å². The SMILES string of the molecule is COc1cc2c(C(=O)O)c(-c3ccc(Oc4ccc(F)cc4)cc3)oc2cc1C1CCCN1C(C)=O. The van der Waals surface area contributed by atoms with E-state index in [-0.39, 0.29) is 29.1 Å². The number of benzene rings is 3. The Labute approximate surface area is 206 Å². The molecule has 0 bridgehead atoms. The van der Waals surface area contributed by atoms with Crippen LogP contribution in [0, 0.1) is 5.82 Å². The van der Waals surface area contributed by atoms with Crippen LogP contribution in [0.1, 0.15) is 41.7 Å². The summed E-state index contributed by atoms with van der Waals surface area (Å²) < 4.78 is 30.6. The van der Waals surface area contributed by atoms with Crippen LogP contribution in [0.15, 0.2) is 65.1 Å². The Hall–Kier alpha value is -4.33. The van der Waals surface area contributed by atoms with Crippen molar-refractivity contribution in [3.05, 3.63) is 77.6 Å². The number of carbonyl (C=O) groups excluding carboxylic acids is 1. The predicted molar refractivity (Wildman–Crippen MR) is 131 cm³/mol. The van der Waals surface area contributed by atoms with Gasteiger partial charge in [-0.2, -0.15) is 0 Å². The van der Waals surface area contributed by atoms with Gasteiger partial charge in [-0.1, -0.05) is 0 Å². The molecule has 8 heteroatoms. The van der Waals surface area contributed by atoms with Crippen LogP contribution in [0.25, 0.3) is 22.3 Å². The third-order valence-electron chi connectivity index (χ3n) is 6.44. The second-order valence-corrected chi connectivity index (χ2v) is 8.65. The van der Waals surface area contributed by atoms with E-state index in [1.807, 2.05) is 0 Å². The Kier molecular flexibility index (Phi) is 6.10. The van der Waals surface area contributed by atoms with Gasteiger partial charge in [0.1, 0.15) is 40.0 Å². The summed E-state index contributed by atoms with van der Waals surface area (Å²) in [7, 11) is 1.53. The molecule has 1 atom stereocenters. The summed E-state index contributed by atoms with van der Waals surface area (Å²) in [4.78, 5) is 26.2. The summed E-state index contributed by atoms with van der Waals surface area (Å²) >= 11 is 0. The number of rotatable bonds is 6. The van der Waals surface area contributed by atoms with E-state index in [4.69, 9.17) is 13.9 Å². The molecule has 184 valence electrons. The van der Waals surface area contributed by atoms with Gasteiger partial charge < -0.3 is 23.9 Å². The molecule has 1 aromatic heterocycles. The van der Waals surface area contributed by atoms with Gasteiger partial charge in [0.2, 0.25) is 5.91 Å². The van der Waals surface area contributed by atoms with Crippen LogP contribution in [-0.2, 0) is 4.79 Å². The molecule has 3 aromatic carbocycles. The van der Waals surface area contributed by atoms with E-state index in [1.54, 1.807) is 48.2 Å². The first-order valence-electron chi connectivity index (χ1n) is 11.5. The number of hydrogen-bond acceptors (Lipinski definition) is 5. The zero-order valence-corrected chi connectivity index (χ0v) is 19.8. The molecular formula is C28H24FNO6. The van der Waals surface area contributed by atoms with Crippen molar-refractivity contribution in [3.8, 4) is 28.6 Å². The fourth-order valence-corrected chi connectivity index (χ4v) is 4.77. The van der Waals surface area contributed by atoms with Gasteiger partial charge in [0.15, 0.2) is 0 Å². The van der Waals surface area contributed by atoms with E-state index < -0.39 is 5.97 Å². The fourth-order valence-electron chi connectivity index (χ4n) is 4.77. The molecule has 1 fully saturated rings. The maximum absolute atomic E-state index is 13.1. The lowest BCUT2D eigenvalue weighted by Crippen LogP contribution is -2.28. The van der Waals surface area contributed by atoms with Gasteiger partial charge in [-0.25, -0.2) is 9.18 Å². The van der Waals surface area contributed by atoms with E-state index in [1.165, 1.54) is 31.4 Å². The minimum Gasteiger partial charge on any atom is -0.496 e. The Bertz CT molecular complexity index is 1440. The largest absolute Gasteiger partial charge is 0.496 e. The molecule has 1 amide bonds. The number of aromatic carboxylic acids is 1. The van der Waals surface area contributed by atoms with E-state index in [2.05, 4.69) is 0 Å². The molecule has 1 unspecified atom stereocenters. The molecule has 0 spiro atoms. The number of ether oxygens (including phenoxy) is 2. The predicted octanol–water partition coefficient (Wildman–Crippen LogP) is 6.42. The first-order valence-corrected chi connectivity index (χ1v) is 11.5. The Balaban J connectivity index is 1.54. The number of likely N-dealkylation sites (tertiary alicyclic amines) is 1. The van der Waals surface area contributed by atoms with Gasteiger partial charge >= 0.3 is 5.97 Å². The Morgan fingerprint density at radius 2 is 1.72 bits per heavy atom. The number of carbonyl (C=O) groups is 2. The maximum Gasteiger partial charge on any atom is 0.340 e. The highest BCUT2D eigenvalue weighted by molar-refractivity contribution is 6.08. The summed E-state index contributed by atoms with van der Waals surface area (Å²) in [6, 6.07) is 15.7. The summed E-state index contributed by atoms with van der Waals surface area (Å²) in [6.45, 7) is 2.21. The van der Waals surface area contributed by atoms with Gasteiger partial charge in [0, 0.05) is 30.0 Å². The normalized spacial score (nSPS) is 15.3. The minimum absolute atomic E-state index is 0.0195. The molecule has 0 radical (unpaired) electrons. The molecule has 7 nitrogen and oxygen atoms in total. The lowest BCUT2D eigenvalue weighted by Gasteiger charge is -2.25. The van der Waals surface area contributed by atoms with Crippen LogP contribution < -0.4 is 9.47 Å². The number of furan rings is 1. The van der Waals surface area contributed by atoms with E-state index >= 15 is 0 Å². The van der Waals surface area contributed by atoms with Crippen molar-refractivity contribution in [3.63, 3.8) is 0 Å². The summed E-state index contributed by atoms with van der Waals surface area (Å²) in [6.07, 6.45) is 1.66. The molecule has 4 aromatic rings. The summed E-state index contributed by atoms with van der Waals surface area (Å²) in [5.41, 5.74) is 1.77. The molecule has 36 heavy (non-hydrogen) atoms. The van der Waals surface area contributed by atoms with Gasteiger partial charge in [0.25, 0.3) is 0 Å². The number of carboxylic acids is 1. The minimum atomic E-state index is -1.13. The zero-order valence-electron chi connectivity index (χ0n) is 19.8. The molecule has 1 saturated heterocycles. The number of fused-ring (bicyclic) bond motifs is 1. The van der Waals surface area contributed by atoms with Gasteiger partial charge in [-0.05, 0) is 73.5 Å². The van der Waals surface area contributed by atoms with Gasteiger partial charge in [-0.15, -0.1) is 0 Å². The molecule has 2 heterocycles. The molecule has 1 aliphatic rings. The lowest BCUT2D eigenvalue weighted by atomic mass is 9.99. The summed E-state index contributed by atoms with van der Waals surface area (Å²) in [5.74, 6) is 0.201. The first kappa shape index (κ1) is 23.4. The van der Waals surface area contributed by atoms with E-state index in [0.717, 1.165) is 18.4 Å². The average Bonchev–Trinajstić information content (AvgIpc) is 3.50. The maximum atomic E-state index is 13.1. The third-order valence-corrected chi connectivity index (χ3v) is 6.44. The van der Waals surface area contributed by atoms with Crippen molar-refractivity contribution < 1.29 is 33.0 Å². The number of amides is 1.